The summed E-state index contributed by atoms with van der Waals surface area (Å²) in [4.78, 5) is 0. The second-order valence-electron chi connectivity index (χ2n) is 5.62. The zero-order valence-corrected chi connectivity index (χ0v) is 12.7. The summed E-state index contributed by atoms with van der Waals surface area (Å²) in [6.07, 6.45) is 9.26. The van der Waals surface area contributed by atoms with Crippen LogP contribution in [0, 0.1) is 5.92 Å². The highest BCUT2D eigenvalue weighted by molar-refractivity contribution is 5.11. The van der Waals surface area contributed by atoms with Crippen molar-refractivity contribution in [3.8, 4) is 0 Å². The standard InChI is InChI=1S/C15H23N5O/c1-3-20-11-14(9-18-20)15-13(4-5-21-15)8-16-6-12-7-17-19(2)10-12/h7,9-11,13,15-16H,3-6,8H2,1-2H3/t13-,15+/m0/s1. The minimum atomic E-state index is 0.173. The Morgan fingerprint density at radius 2 is 2.24 bits per heavy atom. The summed E-state index contributed by atoms with van der Waals surface area (Å²) >= 11 is 0. The minimum absolute atomic E-state index is 0.173. The summed E-state index contributed by atoms with van der Waals surface area (Å²) in [6, 6.07) is 0. The van der Waals surface area contributed by atoms with Crippen molar-refractivity contribution in [3.63, 3.8) is 0 Å². The van der Waals surface area contributed by atoms with Gasteiger partial charge in [-0.1, -0.05) is 0 Å². The molecule has 0 spiro atoms. The second kappa shape index (κ2) is 6.41. The molecule has 114 valence electrons. The van der Waals surface area contributed by atoms with Gasteiger partial charge >= 0.3 is 0 Å². The van der Waals surface area contributed by atoms with E-state index in [1.807, 2.05) is 35.0 Å². The third kappa shape index (κ3) is 3.33. The molecule has 2 atom stereocenters. The zero-order valence-electron chi connectivity index (χ0n) is 12.7. The van der Waals surface area contributed by atoms with Gasteiger partial charge in [0.05, 0.1) is 18.5 Å². The highest BCUT2D eigenvalue weighted by Crippen LogP contribution is 2.33. The van der Waals surface area contributed by atoms with E-state index in [4.69, 9.17) is 4.74 Å². The molecule has 2 aromatic heterocycles. The van der Waals surface area contributed by atoms with E-state index in [2.05, 4.69) is 28.6 Å². The third-order valence-corrected chi connectivity index (χ3v) is 4.01. The van der Waals surface area contributed by atoms with E-state index >= 15 is 0 Å². The maximum Gasteiger partial charge on any atom is 0.0896 e. The maximum absolute atomic E-state index is 5.91. The number of hydrogen-bond donors (Lipinski definition) is 1. The fourth-order valence-electron chi connectivity index (χ4n) is 2.88. The van der Waals surface area contributed by atoms with Gasteiger partial charge in [-0.2, -0.15) is 10.2 Å². The Labute approximate surface area is 125 Å². The average Bonchev–Trinajstić information content (AvgIpc) is 3.19. The first-order chi connectivity index (χ1) is 10.3. The molecule has 1 aliphatic heterocycles. The van der Waals surface area contributed by atoms with Crippen molar-refractivity contribution in [2.75, 3.05) is 13.2 Å². The predicted molar refractivity (Wildman–Crippen MR) is 79.6 cm³/mol. The van der Waals surface area contributed by atoms with Gasteiger partial charge in [0.1, 0.15) is 0 Å². The van der Waals surface area contributed by atoms with Gasteiger partial charge in [0.25, 0.3) is 0 Å². The van der Waals surface area contributed by atoms with Crippen LogP contribution in [-0.2, 0) is 24.9 Å². The number of ether oxygens (including phenoxy) is 1. The Morgan fingerprint density at radius 1 is 1.33 bits per heavy atom. The number of aryl methyl sites for hydroxylation is 2. The van der Waals surface area contributed by atoms with Gasteiger partial charge in [-0.05, 0) is 13.3 Å². The average molecular weight is 289 g/mol. The lowest BCUT2D eigenvalue weighted by Gasteiger charge is -2.17. The Kier molecular flexibility index (Phi) is 4.36. The summed E-state index contributed by atoms with van der Waals surface area (Å²) in [5.74, 6) is 0.510. The van der Waals surface area contributed by atoms with Gasteiger partial charge < -0.3 is 10.1 Å². The van der Waals surface area contributed by atoms with Crippen LogP contribution < -0.4 is 5.32 Å². The third-order valence-electron chi connectivity index (χ3n) is 4.01. The number of nitrogens with one attached hydrogen (secondary N) is 1. The number of nitrogens with zero attached hydrogens (tertiary/aromatic N) is 4. The van der Waals surface area contributed by atoms with Gasteiger partial charge in [-0.25, -0.2) is 0 Å². The van der Waals surface area contributed by atoms with Crippen LogP contribution in [0.15, 0.2) is 24.8 Å². The molecule has 6 nitrogen and oxygen atoms in total. The highest BCUT2D eigenvalue weighted by atomic mass is 16.5. The predicted octanol–water partition coefficient (Wildman–Crippen LogP) is 1.50. The second-order valence-corrected chi connectivity index (χ2v) is 5.62. The topological polar surface area (TPSA) is 56.9 Å². The number of rotatable bonds is 6. The van der Waals surface area contributed by atoms with Crippen molar-refractivity contribution in [3.05, 3.63) is 35.9 Å². The fourth-order valence-corrected chi connectivity index (χ4v) is 2.88. The van der Waals surface area contributed by atoms with E-state index in [0.717, 1.165) is 32.7 Å². The van der Waals surface area contributed by atoms with Gasteiger partial charge in [-0.3, -0.25) is 9.36 Å². The lowest BCUT2D eigenvalue weighted by molar-refractivity contribution is 0.0904. The van der Waals surface area contributed by atoms with Crippen molar-refractivity contribution in [1.29, 1.82) is 0 Å². The normalized spacial score (nSPS) is 22.0. The monoisotopic (exact) mass is 289 g/mol. The lowest BCUT2D eigenvalue weighted by atomic mass is 9.97. The largest absolute Gasteiger partial charge is 0.373 e. The molecule has 21 heavy (non-hydrogen) atoms. The van der Waals surface area contributed by atoms with Crippen LogP contribution in [0.25, 0.3) is 0 Å². The first kappa shape index (κ1) is 14.3. The minimum Gasteiger partial charge on any atom is -0.373 e. The molecule has 0 radical (unpaired) electrons. The van der Waals surface area contributed by atoms with E-state index in [-0.39, 0.29) is 6.10 Å². The van der Waals surface area contributed by atoms with E-state index in [9.17, 15) is 0 Å². The van der Waals surface area contributed by atoms with E-state index in [0.29, 0.717) is 5.92 Å². The van der Waals surface area contributed by atoms with Crippen LogP contribution in [0.1, 0.15) is 30.6 Å². The van der Waals surface area contributed by atoms with Gasteiger partial charge in [0.2, 0.25) is 0 Å². The summed E-state index contributed by atoms with van der Waals surface area (Å²) in [5, 5.41) is 12.0. The molecule has 1 fully saturated rings. The molecule has 1 saturated heterocycles. The molecular weight excluding hydrogens is 266 g/mol. The molecule has 1 N–H and O–H groups in total. The molecule has 3 heterocycles. The van der Waals surface area contributed by atoms with Crippen LogP contribution in [0.2, 0.25) is 0 Å². The Balaban J connectivity index is 1.54. The van der Waals surface area contributed by atoms with Crippen LogP contribution in [0.3, 0.4) is 0 Å². The van der Waals surface area contributed by atoms with E-state index in [1.165, 1.54) is 11.1 Å². The zero-order chi connectivity index (χ0) is 14.7. The molecule has 0 aliphatic carbocycles. The van der Waals surface area contributed by atoms with Crippen molar-refractivity contribution >= 4 is 0 Å². The Hall–Kier alpha value is -1.66. The molecule has 0 saturated carbocycles. The van der Waals surface area contributed by atoms with Gasteiger partial charge in [-0.15, -0.1) is 0 Å². The van der Waals surface area contributed by atoms with Crippen molar-refractivity contribution in [1.82, 2.24) is 24.9 Å². The van der Waals surface area contributed by atoms with Gasteiger partial charge in [0, 0.05) is 62.7 Å². The van der Waals surface area contributed by atoms with Crippen LogP contribution in [-0.4, -0.2) is 32.7 Å². The van der Waals surface area contributed by atoms with Crippen LogP contribution >= 0.6 is 0 Å². The first-order valence-electron chi connectivity index (χ1n) is 7.58. The van der Waals surface area contributed by atoms with Crippen LogP contribution in [0.4, 0.5) is 0 Å². The Bertz CT molecular complexity index is 576. The molecule has 0 unspecified atom stereocenters. The van der Waals surface area contributed by atoms with Gasteiger partial charge in [0.15, 0.2) is 0 Å². The summed E-state index contributed by atoms with van der Waals surface area (Å²) in [7, 11) is 1.94. The molecule has 3 rings (SSSR count). The molecular formula is C15H23N5O. The summed E-state index contributed by atoms with van der Waals surface area (Å²) < 4.78 is 9.69. The van der Waals surface area contributed by atoms with Crippen LogP contribution in [0.5, 0.6) is 0 Å². The fraction of sp³-hybridized carbons (Fsp3) is 0.600. The molecule has 2 aromatic rings. The number of hydrogen-bond acceptors (Lipinski definition) is 4. The van der Waals surface area contributed by atoms with E-state index < -0.39 is 0 Å². The maximum atomic E-state index is 5.91. The Morgan fingerprint density at radius 3 is 2.95 bits per heavy atom. The quantitative estimate of drug-likeness (QED) is 0.875. The summed E-state index contributed by atoms with van der Waals surface area (Å²) in [5.41, 5.74) is 2.41. The highest BCUT2D eigenvalue weighted by Gasteiger charge is 2.30. The molecule has 6 heteroatoms. The number of aromatic nitrogens is 4. The van der Waals surface area contributed by atoms with E-state index in [1.54, 1.807) is 0 Å². The SMILES string of the molecule is CCn1cc([C@@H]2OCC[C@H]2CNCc2cnn(C)c2)cn1. The van der Waals surface area contributed by atoms with Crippen molar-refractivity contribution in [2.45, 2.75) is 32.5 Å². The van der Waals surface area contributed by atoms with Crippen molar-refractivity contribution in [2.24, 2.45) is 13.0 Å². The first-order valence-corrected chi connectivity index (χ1v) is 7.58. The smallest absolute Gasteiger partial charge is 0.0896 e. The lowest BCUT2D eigenvalue weighted by Crippen LogP contribution is -2.24. The summed E-state index contributed by atoms with van der Waals surface area (Å²) in [6.45, 7) is 5.64. The molecule has 0 amide bonds. The molecule has 0 aromatic carbocycles. The molecule has 0 bridgehead atoms. The molecule has 1 aliphatic rings. The van der Waals surface area contributed by atoms with Crippen molar-refractivity contribution < 1.29 is 4.74 Å².